The molecule has 1 saturated carbocycles. The molecule has 1 atom stereocenters. The third-order valence-corrected chi connectivity index (χ3v) is 5.12. The third kappa shape index (κ3) is 3.00. The minimum absolute atomic E-state index is 0.667. The fraction of sp³-hybridized carbons (Fsp3) is 0.667. The quantitative estimate of drug-likeness (QED) is 0.899. The minimum Gasteiger partial charge on any atom is -0.308 e. The summed E-state index contributed by atoms with van der Waals surface area (Å²) in [5.74, 6) is 0.877. The van der Waals surface area contributed by atoms with Crippen LogP contribution in [-0.4, -0.2) is 15.4 Å². The molecule has 0 saturated heterocycles. The number of hydrogen-bond donors (Lipinski definition) is 1. The molecule has 4 heteroatoms. The van der Waals surface area contributed by atoms with Gasteiger partial charge in [-0.2, -0.15) is 0 Å². The summed E-state index contributed by atoms with van der Waals surface area (Å²) in [5, 5.41) is 5.81. The van der Waals surface area contributed by atoms with Gasteiger partial charge in [-0.25, -0.2) is 4.98 Å². The van der Waals surface area contributed by atoms with Crippen molar-refractivity contribution in [3.63, 3.8) is 0 Å². The number of nitrogens with one attached hydrogen (secondary N) is 1. The molecule has 2 heterocycles. The zero-order valence-electron chi connectivity index (χ0n) is 11.6. The van der Waals surface area contributed by atoms with Crippen LogP contribution in [0.2, 0.25) is 0 Å². The first-order valence-corrected chi connectivity index (χ1v) is 8.39. The molecule has 0 bridgehead atoms. The summed E-state index contributed by atoms with van der Waals surface area (Å²) in [6.07, 6.45) is 12.5. The number of fused-ring (bicyclic) bond motifs is 1. The van der Waals surface area contributed by atoms with Gasteiger partial charge in [-0.1, -0.05) is 26.2 Å². The molecule has 0 radical (unpaired) electrons. The van der Waals surface area contributed by atoms with Crippen LogP contribution in [-0.2, 0) is 6.54 Å². The van der Waals surface area contributed by atoms with Gasteiger partial charge in [0.15, 0.2) is 4.96 Å². The highest BCUT2D eigenvalue weighted by molar-refractivity contribution is 7.15. The van der Waals surface area contributed by atoms with Crippen LogP contribution in [0, 0.1) is 5.92 Å². The highest BCUT2D eigenvalue weighted by atomic mass is 32.1. The lowest BCUT2D eigenvalue weighted by Crippen LogP contribution is -2.36. The summed E-state index contributed by atoms with van der Waals surface area (Å²) in [4.78, 5) is 5.74. The molecule has 1 aliphatic carbocycles. The van der Waals surface area contributed by atoms with Crippen molar-refractivity contribution in [1.29, 1.82) is 0 Å². The summed E-state index contributed by atoms with van der Waals surface area (Å²) >= 11 is 1.70. The van der Waals surface area contributed by atoms with Crippen LogP contribution in [0.5, 0.6) is 0 Å². The zero-order chi connectivity index (χ0) is 13.1. The van der Waals surface area contributed by atoms with E-state index in [2.05, 4.69) is 39.4 Å². The molecule has 0 aromatic carbocycles. The number of aromatic nitrogens is 2. The standard InChI is InChI=1S/C15H23N3S/c1-2-14(12-6-4-3-5-7-12)16-10-13-11-18-8-9-19-15(18)17-13/h8-9,11-12,14,16H,2-7,10H2,1H3. The van der Waals surface area contributed by atoms with Crippen molar-refractivity contribution in [2.45, 2.75) is 58.0 Å². The van der Waals surface area contributed by atoms with Gasteiger partial charge in [0, 0.05) is 30.4 Å². The van der Waals surface area contributed by atoms with E-state index in [1.165, 1.54) is 44.2 Å². The van der Waals surface area contributed by atoms with E-state index in [0.717, 1.165) is 17.4 Å². The average molecular weight is 277 g/mol. The Kier molecular flexibility index (Phi) is 4.18. The van der Waals surface area contributed by atoms with Gasteiger partial charge in [0.25, 0.3) is 0 Å². The molecule has 0 spiro atoms. The molecule has 1 unspecified atom stereocenters. The predicted octanol–water partition coefficient (Wildman–Crippen LogP) is 3.84. The molecular formula is C15H23N3S. The maximum Gasteiger partial charge on any atom is 0.193 e. The number of rotatable bonds is 5. The van der Waals surface area contributed by atoms with Crippen molar-refractivity contribution in [3.8, 4) is 0 Å². The zero-order valence-corrected chi connectivity index (χ0v) is 12.5. The number of thiazole rings is 1. The number of nitrogens with zero attached hydrogens (tertiary/aromatic N) is 2. The maximum absolute atomic E-state index is 4.64. The molecular weight excluding hydrogens is 254 g/mol. The van der Waals surface area contributed by atoms with Gasteiger partial charge in [-0.15, -0.1) is 11.3 Å². The van der Waals surface area contributed by atoms with E-state index in [1.807, 2.05) is 0 Å². The van der Waals surface area contributed by atoms with Crippen LogP contribution in [0.3, 0.4) is 0 Å². The van der Waals surface area contributed by atoms with Crippen LogP contribution in [0.15, 0.2) is 17.8 Å². The molecule has 2 aromatic rings. The van der Waals surface area contributed by atoms with Gasteiger partial charge in [0.05, 0.1) is 5.69 Å². The van der Waals surface area contributed by atoms with Crippen molar-refractivity contribution in [2.24, 2.45) is 5.92 Å². The SMILES string of the molecule is CCC(NCc1cn2ccsc2n1)C1CCCCC1. The number of imidazole rings is 1. The molecule has 104 valence electrons. The van der Waals surface area contributed by atoms with Crippen LogP contribution < -0.4 is 5.32 Å². The first-order valence-electron chi connectivity index (χ1n) is 7.51. The van der Waals surface area contributed by atoms with Crippen LogP contribution in [0.1, 0.15) is 51.1 Å². The smallest absolute Gasteiger partial charge is 0.193 e. The normalized spacial score (nSPS) is 19.0. The lowest BCUT2D eigenvalue weighted by Gasteiger charge is -2.30. The molecule has 1 aliphatic rings. The lowest BCUT2D eigenvalue weighted by atomic mass is 9.83. The Labute approximate surface area is 119 Å². The van der Waals surface area contributed by atoms with E-state index in [4.69, 9.17) is 0 Å². The summed E-state index contributed by atoms with van der Waals surface area (Å²) in [6, 6.07) is 0.667. The summed E-state index contributed by atoms with van der Waals surface area (Å²) in [7, 11) is 0. The van der Waals surface area contributed by atoms with Crippen LogP contribution >= 0.6 is 11.3 Å². The fourth-order valence-electron chi connectivity index (χ4n) is 3.28. The lowest BCUT2D eigenvalue weighted by molar-refractivity contribution is 0.261. The second-order valence-electron chi connectivity index (χ2n) is 5.62. The Morgan fingerprint density at radius 3 is 3.00 bits per heavy atom. The minimum atomic E-state index is 0.667. The molecule has 2 aromatic heterocycles. The van der Waals surface area contributed by atoms with Gasteiger partial charge >= 0.3 is 0 Å². The van der Waals surface area contributed by atoms with Crippen molar-refractivity contribution < 1.29 is 0 Å². The van der Waals surface area contributed by atoms with E-state index in [-0.39, 0.29) is 0 Å². The second kappa shape index (κ2) is 6.06. The van der Waals surface area contributed by atoms with Gasteiger partial charge in [0.2, 0.25) is 0 Å². The molecule has 19 heavy (non-hydrogen) atoms. The first-order chi connectivity index (χ1) is 9.36. The van der Waals surface area contributed by atoms with Crippen LogP contribution in [0.4, 0.5) is 0 Å². The van der Waals surface area contributed by atoms with Gasteiger partial charge in [-0.3, -0.25) is 4.40 Å². The second-order valence-corrected chi connectivity index (χ2v) is 6.49. The van der Waals surface area contributed by atoms with Crippen LogP contribution in [0.25, 0.3) is 4.96 Å². The van der Waals surface area contributed by atoms with E-state index in [9.17, 15) is 0 Å². The monoisotopic (exact) mass is 277 g/mol. The molecule has 0 aliphatic heterocycles. The Bertz CT molecular complexity index is 482. The molecule has 1 fully saturated rings. The maximum atomic E-state index is 4.64. The summed E-state index contributed by atoms with van der Waals surface area (Å²) < 4.78 is 2.11. The van der Waals surface area contributed by atoms with Gasteiger partial charge in [0.1, 0.15) is 0 Å². The van der Waals surface area contributed by atoms with E-state index >= 15 is 0 Å². The van der Waals surface area contributed by atoms with E-state index in [0.29, 0.717) is 6.04 Å². The van der Waals surface area contributed by atoms with Crippen molar-refractivity contribution in [3.05, 3.63) is 23.5 Å². The van der Waals surface area contributed by atoms with Crippen molar-refractivity contribution in [2.75, 3.05) is 0 Å². The van der Waals surface area contributed by atoms with E-state index < -0.39 is 0 Å². The third-order valence-electron chi connectivity index (χ3n) is 4.35. The molecule has 3 rings (SSSR count). The van der Waals surface area contributed by atoms with Crippen molar-refractivity contribution >= 4 is 16.3 Å². The fourth-order valence-corrected chi connectivity index (χ4v) is 4.00. The number of hydrogen-bond acceptors (Lipinski definition) is 3. The van der Waals surface area contributed by atoms with E-state index in [1.54, 1.807) is 11.3 Å². The Morgan fingerprint density at radius 1 is 1.42 bits per heavy atom. The highest BCUT2D eigenvalue weighted by Crippen LogP contribution is 2.27. The Morgan fingerprint density at radius 2 is 2.26 bits per heavy atom. The average Bonchev–Trinajstić information content (AvgIpc) is 3.01. The Hall–Kier alpha value is -0.870. The molecule has 0 amide bonds. The van der Waals surface area contributed by atoms with Gasteiger partial charge in [-0.05, 0) is 25.2 Å². The Balaban J connectivity index is 1.58. The largest absolute Gasteiger partial charge is 0.308 e. The summed E-state index contributed by atoms with van der Waals surface area (Å²) in [5.41, 5.74) is 1.17. The summed E-state index contributed by atoms with van der Waals surface area (Å²) in [6.45, 7) is 3.21. The highest BCUT2D eigenvalue weighted by Gasteiger charge is 2.21. The predicted molar refractivity (Wildman–Crippen MR) is 80.6 cm³/mol. The molecule has 1 N–H and O–H groups in total. The van der Waals surface area contributed by atoms with Crippen molar-refractivity contribution in [1.82, 2.24) is 14.7 Å². The van der Waals surface area contributed by atoms with Gasteiger partial charge < -0.3 is 5.32 Å². The first kappa shape index (κ1) is 13.1. The molecule has 3 nitrogen and oxygen atoms in total. The topological polar surface area (TPSA) is 29.3 Å².